The first-order chi connectivity index (χ1) is 14.4. The molecule has 1 aromatic heterocycles. The number of para-hydroxylation sites is 1. The maximum Gasteiger partial charge on any atom is 0.137 e. The first-order valence-corrected chi connectivity index (χ1v) is 10.2. The van der Waals surface area contributed by atoms with E-state index >= 15 is 0 Å². The minimum Gasteiger partial charge on any atom is -0.508 e. The summed E-state index contributed by atoms with van der Waals surface area (Å²) in [7, 11) is 0. The van der Waals surface area contributed by atoms with Gasteiger partial charge in [-0.2, -0.15) is 0 Å². The molecule has 30 heavy (non-hydrogen) atoms. The fourth-order valence-corrected chi connectivity index (χ4v) is 4.17. The number of hydrogen-bond donors (Lipinski definition) is 1. The molecule has 0 radical (unpaired) electrons. The van der Waals surface area contributed by atoms with Crippen LogP contribution in [-0.4, -0.2) is 10.1 Å². The van der Waals surface area contributed by atoms with Crippen LogP contribution in [0.4, 0.5) is 17.2 Å². The third-order valence-corrected chi connectivity index (χ3v) is 5.72. The van der Waals surface area contributed by atoms with Crippen LogP contribution in [0.1, 0.15) is 26.3 Å². The highest BCUT2D eigenvalue weighted by Gasteiger charge is 2.27. The number of fused-ring (bicyclic) bond motifs is 5. The van der Waals surface area contributed by atoms with E-state index in [2.05, 4.69) is 86.3 Å². The van der Waals surface area contributed by atoms with E-state index < -0.39 is 0 Å². The highest BCUT2D eigenvalue weighted by molar-refractivity contribution is 6.02. The molecule has 1 aliphatic heterocycles. The molecule has 0 amide bonds. The molecule has 3 nitrogen and oxygen atoms in total. The van der Waals surface area contributed by atoms with Crippen molar-refractivity contribution in [1.82, 2.24) is 4.98 Å². The first-order valence-electron chi connectivity index (χ1n) is 10.2. The van der Waals surface area contributed by atoms with E-state index in [-0.39, 0.29) is 11.2 Å². The minimum absolute atomic E-state index is 0.00762. The molecule has 5 rings (SSSR count). The number of nitrogens with zero attached hydrogens (tertiary/aromatic N) is 2. The van der Waals surface area contributed by atoms with Crippen LogP contribution in [0.25, 0.3) is 22.3 Å². The lowest BCUT2D eigenvalue weighted by Gasteiger charge is -2.28. The van der Waals surface area contributed by atoms with Crippen LogP contribution < -0.4 is 4.90 Å². The number of phenols is 1. The smallest absolute Gasteiger partial charge is 0.137 e. The van der Waals surface area contributed by atoms with Gasteiger partial charge in [-0.05, 0) is 52.4 Å². The largest absolute Gasteiger partial charge is 0.508 e. The number of phenolic OH excluding ortho intramolecular Hbond substituents is 1. The zero-order chi connectivity index (χ0) is 20.9. The van der Waals surface area contributed by atoms with Crippen molar-refractivity contribution in [3.8, 4) is 28.0 Å². The van der Waals surface area contributed by atoms with E-state index in [0.29, 0.717) is 0 Å². The van der Waals surface area contributed by atoms with Gasteiger partial charge in [-0.1, -0.05) is 63.2 Å². The molecule has 1 aliphatic rings. The summed E-state index contributed by atoms with van der Waals surface area (Å²) in [6, 6.07) is 26.6. The van der Waals surface area contributed by atoms with Crippen LogP contribution in [-0.2, 0) is 5.41 Å². The standard InChI is InChI=1S/C27H24N2O/c1-27(2,3)18-14-15-28-26(16-18)29-24-11-7-6-10-22(24)20-8-4-5-9-21(20)23-13-12-19(30)17-25(23)29/h4-17,30H,1-3H3. The molecular formula is C27H24N2O. The zero-order valence-electron chi connectivity index (χ0n) is 17.4. The van der Waals surface area contributed by atoms with Crippen LogP contribution in [0.5, 0.6) is 5.75 Å². The summed E-state index contributed by atoms with van der Waals surface area (Å²) in [5.41, 5.74) is 7.73. The summed E-state index contributed by atoms with van der Waals surface area (Å²) in [5, 5.41) is 10.4. The predicted octanol–water partition coefficient (Wildman–Crippen LogP) is 7.20. The summed E-state index contributed by atoms with van der Waals surface area (Å²) < 4.78 is 0. The number of pyridine rings is 1. The van der Waals surface area contributed by atoms with Crippen LogP contribution in [0, 0.1) is 0 Å². The van der Waals surface area contributed by atoms with Crippen molar-refractivity contribution in [3.05, 3.63) is 90.6 Å². The van der Waals surface area contributed by atoms with E-state index in [9.17, 15) is 5.11 Å². The Morgan fingerprint density at radius 2 is 1.33 bits per heavy atom. The molecule has 0 saturated heterocycles. The van der Waals surface area contributed by atoms with Crippen LogP contribution in [0.15, 0.2) is 85.1 Å². The Morgan fingerprint density at radius 1 is 0.700 bits per heavy atom. The second-order valence-electron chi connectivity index (χ2n) is 8.75. The van der Waals surface area contributed by atoms with Crippen molar-refractivity contribution in [2.24, 2.45) is 0 Å². The molecule has 0 aliphatic carbocycles. The Hall–Kier alpha value is -3.59. The fourth-order valence-electron chi connectivity index (χ4n) is 4.17. The molecule has 0 spiro atoms. The first kappa shape index (κ1) is 18.4. The topological polar surface area (TPSA) is 36.4 Å². The normalized spacial score (nSPS) is 12.6. The number of aromatic hydroxyl groups is 1. The summed E-state index contributed by atoms with van der Waals surface area (Å²) in [4.78, 5) is 6.92. The van der Waals surface area contributed by atoms with Crippen molar-refractivity contribution in [2.75, 3.05) is 4.90 Å². The lowest BCUT2D eigenvalue weighted by molar-refractivity contribution is 0.475. The Bertz CT molecular complexity index is 1250. The monoisotopic (exact) mass is 392 g/mol. The van der Waals surface area contributed by atoms with E-state index in [1.54, 1.807) is 6.07 Å². The molecule has 1 N–H and O–H groups in total. The quantitative estimate of drug-likeness (QED) is 0.328. The molecule has 148 valence electrons. The highest BCUT2D eigenvalue weighted by atomic mass is 16.3. The molecule has 3 aromatic carbocycles. The van der Waals surface area contributed by atoms with E-state index in [1.807, 2.05) is 18.3 Å². The van der Waals surface area contributed by atoms with Gasteiger partial charge in [0.25, 0.3) is 0 Å². The van der Waals surface area contributed by atoms with Crippen molar-refractivity contribution < 1.29 is 5.11 Å². The number of anilines is 3. The number of rotatable bonds is 1. The molecule has 2 heterocycles. The number of aromatic nitrogens is 1. The highest BCUT2D eigenvalue weighted by Crippen LogP contribution is 2.51. The summed E-state index contributed by atoms with van der Waals surface area (Å²) in [5.74, 6) is 1.08. The lowest BCUT2D eigenvalue weighted by Crippen LogP contribution is -2.16. The molecule has 3 heteroatoms. The van der Waals surface area contributed by atoms with Gasteiger partial charge in [-0.3, -0.25) is 4.90 Å². The fraction of sp³-hybridized carbons (Fsp3) is 0.148. The Balaban J connectivity index is 1.87. The van der Waals surface area contributed by atoms with Gasteiger partial charge in [0.05, 0.1) is 11.4 Å². The van der Waals surface area contributed by atoms with E-state index in [0.717, 1.165) is 33.9 Å². The molecule has 0 atom stereocenters. The van der Waals surface area contributed by atoms with Crippen molar-refractivity contribution in [2.45, 2.75) is 26.2 Å². The molecule has 0 saturated carbocycles. The van der Waals surface area contributed by atoms with Gasteiger partial charge in [-0.25, -0.2) is 4.98 Å². The summed E-state index contributed by atoms with van der Waals surface area (Å²) in [6.07, 6.45) is 1.87. The second kappa shape index (κ2) is 6.74. The van der Waals surface area contributed by atoms with Gasteiger partial charge in [0.15, 0.2) is 0 Å². The minimum atomic E-state index is 0.00762. The van der Waals surface area contributed by atoms with Crippen LogP contribution in [0.2, 0.25) is 0 Å². The maximum absolute atomic E-state index is 10.4. The Kier molecular flexibility index (Phi) is 4.14. The maximum atomic E-state index is 10.4. The van der Waals surface area contributed by atoms with Gasteiger partial charge in [-0.15, -0.1) is 0 Å². The summed E-state index contributed by atoms with van der Waals surface area (Å²) in [6.45, 7) is 6.62. The molecule has 0 bridgehead atoms. The van der Waals surface area contributed by atoms with Crippen molar-refractivity contribution in [1.29, 1.82) is 0 Å². The third kappa shape index (κ3) is 2.94. The van der Waals surface area contributed by atoms with Gasteiger partial charge >= 0.3 is 0 Å². The predicted molar refractivity (Wildman–Crippen MR) is 124 cm³/mol. The molecule has 0 unspecified atom stereocenters. The van der Waals surface area contributed by atoms with Crippen LogP contribution >= 0.6 is 0 Å². The van der Waals surface area contributed by atoms with E-state index in [1.165, 1.54) is 11.1 Å². The van der Waals surface area contributed by atoms with E-state index in [4.69, 9.17) is 4.98 Å². The number of hydrogen-bond acceptors (Lipinski definition) is 3. The van der Waals surface area contributed by atoms with Gasteiger partial charge in [0.1, 0.15) is 11.6 Å². The Morgan fingerprint density at radius 3 is 2.03 bits per heavy atom. The molecule has 0 fully saturated rings. The van der Waals surface area contributed by atoms with Gasteiger partial charge < -0.3 is 5.11 Å². The SMILES string of the molecule is CC(C)(C)c1ccnc(N2c3ccccc3-c3ccccc3-c3ccc(O)cc32)c1. The Labute approximate surface area is 177 Å². The summed E-state index contributed by atoms with van der Waals surface area (Å²) >= 11 is 0. The third-order valence-electron chi connectivity index (χ3n) is 5.72. The van der Waals surface area contributed by atoms with Gasteiger partial charge in [0, 0.05) is 23.4 Å². The second-order valence-corrected chi connectivity index (χ2v) is 8.75. The van der Waals surface area contributed by atoms with Crippen molar-refractivity contribution in [3.63, 3.8) is 0 Å². The average Bonchev–Trinajstić information content (AvgIpc) is 2.86. The zero-order valence-corrected chi connectivity index (χ0v) is 17.4. The number of benzene rings is 3. The molecular weight excluding hydrogens is 368 g/mol. The van der Waals surface area contributed by atoms with Gasteiger partial charge in [0.2, 0.25) is 0 Å². The lowest BCUT2D eigenvalue weighted by atomic mass is 9.87. The average molecular weight is 393 g/mol. The molecule has 4 aromatic rings. The van der Waals surface area contributed by atoms with Crippen LogP contribution in [0.3, 0.4) is 0 Å². The van der Waals surface area contributed by atoms with Crippen molar-refractivity contribution >= 4 is 17.2 Å².